The van der Waals surface area contributed by atoms with E-state index >= 15 is 0 Å². The van der Waals surface area contributed by atoms with E-state index in [2.05, 4.69) is 20.7 Å². The minimum absolute atomic E-state index is 0.124. The van der Waals surface area contributed by atoms with Gasteiger partial charge in [0.15, 0.2) is 6.61 Å². The van der Waals surface area contributed by atoms with Crippen LogP contribution in [0.15, 0.2) is 22.7 Å². The van der Waals surface area contributed by atoms with E-state index < -0.39 is 19.0 Å². The highest BCUT2D eigenvalue weighted by Gasteiger charge is 2.41. The standard InChI is InChI=1S/C9H6BrF4IO/c10-5-1-6(15)3-7(2-5)16-4-9(13,14)8(11)12/h1-3,8H,4H2. The second-order valence-corrected chi connectivity index (χ2v) is 5.12. The van der Waals surface area contributed by atoms with Crippen molar-refractivity contribution in [1.29, 1.82) is 0 Å². The summed E-state index contributed by atoms with van der Waals surface area (Å²) in [6, 6.07) is 4.65. The van der Waals surface area contributed by atoms with Gasteiger partial charge in [-0.15, -0.1) is 0 Å². The van der Waals surface area contributed by atoms with E-state index in [1.54, 1.807) is 6.07 Å². The molecular formula is C9H6BrF4IO. The Kier molecular flexibility index (Phi) is 4.84. The molecule has 0 N–H and O–H groups in total. The molecule has 1 nitrogen and oxygen atoms in total. The first-order valence-corrected chi connectivity index (χ1v) is 5.93. The summed E-state index contributed by atoms with van der Waals surface area (Å²) in [5, 5.41) is 0. The molecule has 90 valence electrons. The van der Waals surface area contributed by atoms with Crippen molar-refractivity contribution in [3.8, 4) is 5.75 Å². The van der Waals surface area contributed by atoms with Crippen molar-refractivity contribution >= 4 is 38.5 Å². The molecule has 0 aliphatic heterocycles. The first-order chi connectivity index (χ1) is 7.31. The van der Waals surface area contributed by atoms with Gasteiger partial charge >= 0.3 is 12.3 Å². The van der Waals surface area contributed by atoms with Crippen LogP contribution in [0.4, 0.5) is 17.6 Å². The Labute approximate surface area is 111 Å². The highest BCUT2D eigenvalue weighted by molar-refractivity contribution is 14.1. The fourth-order valence-corrected chi connectivity index (χ4v) is 2.40. The Bertz CT molecular complexity index is 352. The largest absolute Gasteiger partial charge is 0.487 e. The summed E-state index contributed by atoms with van der Waals surface area (Å²) in [6.45, 7) is -1.34. The molecule has 0 aliphatic carbocycles. The first-order valence-electron chi connectivity index (χ1n) is 4.06. The van der Waals surface area contributed by atoms with Crippen LogP contribution in [0.5, 0.6) is 5.75 Å². The molecule has 1 aromatic rings. The lowest BCUT2D eigenvalue weighted by molar-refractivity contribution is -0.148. The molecule has 0 radical (unpaired) electrons. The minimum Gasteiger partial charge on any atom is -0.487 e. The molecule has 7 heteroatoms. The van der Waals surface area contributed by atoms with Crippen LogP contribution in [0.25, 0.3) is 0 Å². The number of ether oxygens (including phenoxy) is 1. The van der Waals surface area contributed by atoms with E-state index in [0.29, 0.717) is 4.47 Å². The lowest BCUT2D eigenvalue weighted by Gasteiger charge is -2.16. The smallest absolute Gasteiger partial charge is 0.340 e. The Hall–Kier alpha value is -0.0500. The van der Waals surface area contributed by atoms with E-state index in [-0.39, 0.29) is 5.75 Å². The zero-order valence-corrected chi connectivity index (χ0v) is 11.4. The number of halogens is 6. The molecule has 1 rings (SSSR count). The van der Waals surface area contributed by atoms with Crippen LogP contribution >= 0.6 is 38.5 Å². The average Bonchev–Trinajstić information content (AvgIpc) is 2.13. The number of rotatable bonds is 4. The molecule has 0 saturated carbocycles. The summed E-state index contributed by atoms with van der Waals surface area (Å²) in [7, 11) is 0. The Morgan fingerprint density at radius 2 is 1.94 bits per heavy atom. The SMILES string of the molecule is FC(F)C(F)(F)COc1cc(Br)cc(I)c1. The van der Waals surface area contributed by atoms with Crippen LogP contribution in [0.1, 0.15) is 0 Å². The summed E-state index contributed by atoms with van der Waals surface area (Å²) < 4.78 is 54.8. The van der Waals surface area contributed by atoms with E-state index in [9.17, 15) is 17.6 Å². The first kappa shape index (κ1) is 14.0. The highest BCUT2D eigenvalue weighted by atomic mass is 127. The molecule has 0 spiro atoms. The average molecular weight is 413 g/mol. The van der Waals surface area contributed by atoms with Crippen molar-refractivity contribution in [3.63, 3.8) is 0 Å². The van der Waals surface area contributed by atoms with Crippen molar-refractivity contribution in [2.45, 2.75) is 12.3 Å². The van der Waals surface area contributed by atoms with Crippen LogP contribution in [0.3, 0.4) is 0 Å². The number of hydrogen-bond acceptors (Lipinski definition) is 1. The molecule has 0 bridgehead atoms. The van der Waals surface area contributed by atoms with Gasteiger partial charge in [-0.2, -0.15) is 8.78 Å². The van der Waals surface area contributed by atoms with Gasteiger partial charge < -0.3 is 4.74 Å². The fourth-order valence-electron chi connectivity index (χ4n) is 0.854. The maximum absolute atomic E-state index is 12.5. The molecule has 0 amide bonds. The number of alkyl halides is 4. The van der Waals surface area contributed by atoms with Crippen molar-refractivity contribution in [3.05, 3.63) is 26.2 Å². The van der Waals surface area contributed by atoms with E-state index in [1.807, 2.05) is 22.6 Å². The monoisotopic (exact) mass is 412 g/mol. The molecule has 0 aliphatic rings. The van der Waals surface area contributed by atoms with E-state index in [1.165, 1.54) is 12.1 Å². The normalized spacial score (nSPS) is 11.9. The van der Waals surface area contributed by atoms with Gasteiger partial charge in [-0.05, 0) is 40.8 Å². The maximum atomic E-state index is 12.5. The predicted molar refractivity (Wildman–Crippen MR) is 63.3 cm³/mol. The van der Waals surface area contributed by atoms with Crippen LogP contribution in [0.2, 0.25) is 0 Å². The third kappa shape index (κ3) is 4.08. The van der Waals surface area contributed by atoms with Gasteiger partial charge in [0, 0.05) is 8.04 Å². The lowest BCUT2D eigenvalue weighted by Crippen LogP contribution is -2.33. The summed E-state index contributed by atoms with van der Waals surface area (Å²) in [4.78, 5) is 0. The number of hydrogen-bond donors (Lipinski definition) is 0. The van der Waals surface area contributed by atoms with Crippen molar-refractivity contribution in [2.75, 3.05) is 6.61 Å². The van der Waals surface area contributed by atoms with Gasteiger partial charge in [-0.25, -0.2) is 8.78 Å². The molecule has 0 heterocycles. The molecule has 0 unspecified atom stereocenters. The molecule has 1 aromatic carbocycles. The number of benzene rings is 1. The van der Waals surface area contributed by atoms with E-state index in [0.717, 1.165) is 3.57 Å². The van der Waals surface area contributed by atoms with Gasteiger partial charge in [0.25, 0.3) is 0 Å². The van der Waals surface area contributed by atoms with Gasteiger partial charge in [-0.3, -0.25) is 0 Å². The van der Waals surface area contributed by atoms with Gasteiger partial charge in [-0.1, -0.05) is 15.9 Å². The van der Waals surface area contributed by atoms with Crippen molar-refractivity contribution in [1.82, 2.24) is 0 Å². The molecular weight excluding hydrogens is 407 g/mol. The summed E-state index contributed by atoms with van der Waals surface area (Å²) >= 11 is 5.10. The van der Waals surface area contributed by atoms with Crippen molar-refractivity contribution in [2.24, 2.45) is 0 Å². The van der Waals surface area contributed by atoms with Crippen LogP contribution in [0, 0.1) is 3.57 Å². The quantitative estimate of drug-likeness (QED) is 0.528. The molecule has 16 heavy (non-hydrogen) atoms. The second-order valence-electron chi connectivity index (χ2n) is 2.96. The molecule has 0 saturated heterocycles. The Morgan fingerprint density at radius 1 is 1.31 bits per heavy atom. The molecule has 0 atom stereocenters. The van der Waals surface area contributed by atoms with E-state index in [4.69, 9.17) is 0 Å². The highest BCUT2D eigenvalue weighted by Crippen LogP contribution is 2.27. The predicted octanol–water partition coefficient (Wildman–Crippen LogP) is 4.33. The zero-order valence-electron chi connectivity index (χ0n) is 7.69. The van der Waals surface area contributed by atoms with Gasteiger partial charge in [0.05, 0.1) is 0 Å². The third-order valence-corrected chi connectivity index (χ3v) is 2.67. The zero-order chi connectivity index (χ0) is 12.3. The Balaban J connectivity index is 2.68. The lowest BCUT2D eigenvalue weighted by atomic mass is 10.3. The maximum Gasteiger partial charge on any atom is 0.340 e. The van der Waals surface area contributed by atoms with Gasteiger partial charge in [0.1, 0.15) is 5.75 Å². The van der Waals surface area contributed by atoms with Crippen LogP contribution in [-0.2, 0) is 0 Å². The summed E-state index contributed by atoms with van der Waals surface area (Å²) in [5.74, 6) is -4.01. The Morgan fingerprint density at radius 3 is 2.44 bits per heavy atom. The minimum atomic E-state index is -4.13. The molecule has 0 fully saturated rings. The topological polar surface area (TPSA) is 9.23 Å². The second kappa shape index (κ2) is 5.52. The summed E-state index contributed by atoms with van der Waals surface area (Å²) in [5.41, 5.74) is 0. The van der Waals surface area contributed by atoms with Crippen LogP contribution < -0.4 is 4.74 Å². The van der Waals surface area contributed by atoms with Crippen molar-refractivity contribution < 1.29 is 22.3 Å². The summed E-state index contributed by atoms with van der Waals surface area (Å²) in [6.07, 6.45) is -3.72. The van der Waals surface area contributed by atoms with Gasteiger partial charge in [0.2, 0.25) is 0 Å². The van der Waals surface area contributed by atoms with Crippen LogP contribution in [-0.4, -0.2) is 19.0 Å². The fraction of sp³-hybridized carbons (Fsp3) is 0.333. The third-order valence-electron chi connectivity index (χ3n) is 1.59. The molecule has 0 aromatic heterocycles.